The van der Waals surface area contributed by atoms with Crippen LogP contribution >= 0.6 is 0 Å². The van der Waals surface area contributed by atoms with E-state index in [9.17, 15) is 10.0 Å². The molecule has 0 spiro atoms. The van der Waals surface area contributed by atoms with E-state index in [1.54, 1.807) is 0 Å². The zero-order chi connectivity index (χ0) is 21.4. The van der Waals surface area contributed by atoms with Gasteiger partial charge in [0.05, 0.1) is 0 Å². The Morgan fingerprint density at radius 3 is 1.17 bits per heavy atom. The van der Waals surface area contributed by atoms with Crippen LogP contribution in [0.1, 0.15) is 52.7 Å². The first-order chi connectivity index (χ1) is 13.5. The fraction of sp³-hybridized carbons (Fsp3) is 0.308. The van der Waals surface area contributed by atoms with Gasteiger partial charge < -0.3 is 10.0 Å². The predicted molar refractivity (Wildman–Crippen MR) is 125 cm³/mol. The van der Waals surface area contributed by atoms with Crippen molar-refractivity contribution < 1.29 is 10.0 Å². The quantitative estimate of drug-likeness (QED) is 0.600. The van der Waals surface area contributed by atoms with Crippen LogP contribution in [0.2, 0.25) is 0 Å². The smallest absolute Gasteiger partial charge is 0.423 e. The Hall–Kier alpha value is -2.36. The summed E-state index contributed by atoms with van der Waals surface area (Å²) in [5.41, 5.74) is 6.85. The van der Waals surface area contributed by atoms with Gasteiger partial charge in [-0.05, 0) is 49.7 Å². The average Bonchev–Trinajstić information content (AvgIpc) is 2.66. The molecule has 0 aromatic heterocycles. The van der Waals surface area contributed by atoms with E-state index < -0.39 is 7.12 Å². The Morgan fingerprint density at radius 1 is 0.552 bits per heavy atom. The third-order valence-electron chi connectivity index (χ3n) is 5.49. The van der Waals surface area contributed by atoms with E-state index in [-0.39, 0.29) is 10.8 Å². The Morgan fingerprint density at radius 2 is 0.897 bits per heavy atom. The molecule has 0 amide bonds. The van der Waals surface area contributed by atoms with E-state index >= 15 is 0 Å². The molecular weight excluding hydrogens is 355 g/mol. The Bertz CT molecular complexity index is 897. The minimum absolute atomic E-state index is 0.0779. The Labute approximate surface area is 175 Å². The summed E-state index contributed by atoms with van der Waals surface area (Å²) in [6.45, 7) is 13.1. The number of benzene rings is 3. The second kappa shape index (κ2) is 7.81. The molecule has 0 unspecified atom stereocenters. The summed E-state index contributed by atoms with van der Waals surface area (Å²) in [4.78, 5) is 0. The van der Waals surface area contributed by atoms with Gasteiger partial charge in [0.2, 0.25) is 0 Å². The molecule has 0 radical (unpaired) electrons. The Balaban J connectivity index is 2.10. The highest BCUT2D eigenvalue weighted by molar-refractivity contribution is 6.62. The second-order valence-corrected chi connectivity index (χ2v) is 9.80. The van der Waals surface area contributed by atoms with Crippen molar-refractivity contribution >= 4 is 12.6 Å². The lowest BCUT2D eigenvalue weighted by atomic mass is 9.71. The fourth-order valence-electron chi connectivity index (χ4n) is 3.65. The molecule has 0 aliphatic rings. The van der Waals surface area contributed by atoms with Crippen molar-refractivity contribution in [3.63, 3.8) is 0 Å². The van der Waals surface area contributed by atoms with Crippen LogP contribution in [-0.4, -0.2) is 17.2 Å². The molecule has 0 aliphatic heterocycles. The third kappa shape index (κ3) is 4.63. The minimum Gasteiger partial charge on any atom is -0.423 e. The lowest BCUT2D eigenvalue weighted by Crippen LogP contribution is -2.33. The Kier molecular flexibility index (Phi) is 5.75. The SMILES string of the molecule is CC(C)(C)c1ccc(-c2cccc(-c3ccc(C(C)(C)C)cc3)c2B(O)O)cc1. The maximum atomic E-state index is 10.2. The van der Waals surface area contributed by atoms with Gasteiger partial charge in [-0.2, -0.15) is 0 Å². The normalized spacial score (nSPS) is 12.1. The monoisotopic (exact) mass is 386 g/mol. The van der Waals surface area contributed by atoms with Crippen LogP contribution < -0.4 is 5.46 Å². The standard InChI is InChI=1S/C26H31BO2/c1-25(2,3)20-14-10-18(11-15-20)22-8-7-9-23(24(22)27(28)29)19-12-16-21(17-13-19)26(4,5)6/h7-17,28-29H,1-6H3. The van der Waals surface area contributed by atoms with Crippen LogP contribution in [0.5, 0.6) is 0 Å². The molecular formula is C26H31BO2. The predicted octanol–water partition coefficient (Wildman–Crippen LogP) is 5.30. The summed E-state index contributed by atoms with van der Waals surface area (Å²) in [5.74, 6) is 0. The van der Waals surface area contributed by atoms with Gasteiger partial charge in [-0.25, -0.2) is 0 Å². The van der Waals surface area contributed by atoms with Crippen molar-refractivity contribution in [2.24, 2.45) is 0 Å². The van der Waals surface area contributed by atoms with Crippen molar-refractivity contribution in [2.45, 2.75) is 52.4 Å². The zero-order valence-electron chi connectivity index (χ0n) is 18.3. The van der Waals surface area contributed by atoms with Crippen LogP contribution in [0.25, 0.3) is 22.3 Å². The molecule has 0 fully saturated rings. The molecule has 2 nitrogen and oxygen atoms in total. The minimum atomic E-state index is -1.55. The first kappa shape index (κ1) is 21.4. The first-order valence-electron chi connectivity index (χ1n) is 10.2. The van der Waals surface area contributed by atoms with Gasteiger partial charge in [0, 0.05) is 0 Å². The lowest BCUT2D eigenvalue weighted by molar-refractivity contribution is 0.426. The highest BCUT2D eigenvalue weighted by Crippen LogP contribution is 2.29. The van der Waals surface area contributed by atoms with Gasteiger partial charge in [-0.15, -0.1) is 0 Å². The summed E-state index contributed by atoms with van der Waals surface area (Å²) >= 11 is 0. The van der Waals surface area contributed by atoms with E-state index in [1.165, 1.54) is 11.1 Å². The van der Waals surface area contributed by atoms with Crippen LogP contribution in [0.3, 0.4) is 0 Å². The highest BCUT2D eigenvalue weighted by atomic mass is 16.4. The molecule has 0 atom stereocenters. The van der Waals surface area contributed by atoms with Gasteiger partial charge in [-0.1, -0.05) is 108 Å². The first-order valence-corrected chi connectivity index (χ1v) is 10.2. The van der Waals surface area contributed by atoms with E-state index in [0.717, 1.165) is 22.3 Å². The summed E-state index contributed by atoms with van der Waals surface area (Å²) in [6.07, 6.45) is 0. The molecule has 2 N–H and O–H groups in total. The fourth-order valence-corrected chi connectivity index (χ4v) is 3.65. The topological polar surface area (TPSA) is 40.5 Å². The van der Waals surface area contributed by atoms with Gasteiger partial charge in [0.25, 0.3) is 0 Å². The summed E-state index contributed by atoms with van der Waals surface area (Å²) in [5, 5.41) is 20.5. The molecule has 0 aliphatic carbocycles. The van der Waals surface area contributed by atoms with Crippen LogP contribution in [0, 0.1) is 0 Å². The molecule has 3 rings (SSSR count). The van der Waals surface area contributed by atoms with Crippen LogP contribution in [0.15, 0.2) is 66.7 Å². The largest absolute Gasteiger partial charge is 0.489 e. The van der Waals surface area contributed by atoms with E-state index in [4.69, 9.17) is 0 Å². The van der Waals surface area contributed by atoms with Crippen molar-refractivity contribution in [3.05, 3.63) is 77.9 Å². The zero-order valence-corrected chi connectivity index (χ0v) is 18.3. The van der Waals surface area contributed by atoms with Crippen molar-refractivity contribution in [1.82, 2.24) is 0 Å². The van der Waals surface area contributed by atoms with Crippen molar-refractivity contribution in [1.29, 1.82) is 0 Å². The molecule has 3 aromatic rings. The highest BCUT2D eigenvalue weighted by Gasteiger charge is 2.23. The van der Waals surface area contributed by atoms with Crippen molar-refractivity contribution in [3.8, 4) is 22.3 Å². The van der Waals surface area contributed by atoms with Crippen LogP contribution in [0.4, 0.5) is 0 Å². The van der Waals surface area contributed by atoms with E-state index in [1.807, 2.05) is 18.2 Å². The van der Waals surface area contributed by atoms with Gasteiger partial charge >= 0.3 is 7.12 Å². The molecule has 0 saturated carbocycles. The maximum Gasteiger partial charge on any atom is 0.489 e. The van der Waals surface area contributed by atoms with E-state index in [0.29, 0.717) is 5.46 Å². The summed E-state index contributed by atoms with van der Waals surface area (Å²) in [6, 6.07) is 22.6. The lowest BCUT2D eigenvalue weighted by Gasteiger charge is -2.21. The molecule has 150 valence electrons. The van der Waals surface area contributed by atoms with Crippen LogP contribution in [-0.2, 0) is 10.8 Å². The molecule has 3 aromatic carbocycles. The number of hydrogen-bond acceptors (Lipinski definition) is 2. The molecule has 3 heteroatoms. The molecule has 0 bridgehead atoms. The molecule has 29 heavy (non-hydrogen) atoms. The maximum absolute atomic E-state index is 10.2. The summed E-state index contributed by atoms with van der Waals surface area (Å²) < 4.78 is 0. The average molecular weight is 386 g/mol. The number of hydrogen-bond donors (Lipinski definition) is 2. The molecule has 0 heterocycles. The molecule has 0 saturated heterocycles. The van der Waals surface area contributed by atoms with Gasteiger partial charge in [0.15, 0.2) is 0 Å². The summed E-state index contributed by atoms with van der Waals surface area (Å²) in [7, 11) is -1.55. The third-order valence-corrected chi connectivity index (χ3v) is 5.49. The van der Waals surface area contributed by atoms with Crippen molar-refractivity contribution in [2.75, 3.05) is 0 Å². The number of rotatable bonds is 3. The van der Waals surface area contributed by atoms with E-state index in [2.05, 4.69) is 90.1 Å². The second-order valence-electron chi connectivity index (χ2n) is 9.80. The van der Waals surface area contributed by atoms with Gasteiger partial charge in [0.1, 0.15) is 0 Å². The van der Waals surface area contributed by atoms with Gasteiger partial charge in [-0.3, -0.25) is 0 Å².